The number of piperidine rings is 1. The second-order valence-electron chi connectivity index (χ2n) is 5.80. The van der Waals surface area contributed by atoms with Gasteiger partial charge in [0.15, 0.2) is 11.5 Å². The quantitative estimate of drug-likeness (QED) is 0.898. The van der Waals surface area contributed by atoms with E-state index >= 15 is 0 Å². The molecule has 1 N–H and O–H groups in total. The molecule has 4 nitrogen and oxygen atoms in total. The van der Waals surface area contributed by atoms with E-state index in [4.69, 9.17) is 9.47 Å². The summed E-state index contributed by atoms with van der Waals surface area (Å²) in [7, 11) is 2.06. The van der Waals surface area contributed by atoms with Gasteiger partial charge in [0.25, 0.3) is 0 Å². The first-order valence-corrected chi connectivity index (χ1v) is 7.54. The van der Waals surface area contributed by atoms with E-state index in [0.29, 0.717) is 31.2 Å². The number of benzene rings is 1. The minimum atomic E-state index is 0.517. The lowest BCUT2D eigenvalue weighted by Gasteiger charge is -2.44. The lowest BCUT2D eigenvalue weighted by atomic mass is 9.87. The van der Waals surface area contributed by atoms with Crippen LogP contribution in [0.25, 0.3) is 0 Å². The predicted molar refractivity (Wildman–Crippen MR) is 80.9 cm³/mol. The molecule has 3 unspecified atom stereocenters. The zero-order valence-electron chi connectivity index (χ0n) is 12.6. The molecular formula is C16H24N2O2. The molecule has 2 aliphatic heterocycles. The highest BCUT2D eigenvalue weighted by Gasteiger charge is 2.32. The van der Waals surface area contributed by atoms with Crippen molar-refractivity contribution in [1.29, 1.82) is 0 Å². The van der Waals surface area contributed by atoms with E-state index in [1.54, 1.807) is 0 Å². The molecule has 3 atom stereocenters. The maximum absolute atomic E-state index is 5.70. The molecule has 1 aromatic rings. The number of fused-ring (bicyclic) bond motifs is 1. The van der Waals surface area contributed by atoms with Gasteiger partial charge in [0.2, 0.25) is 0 Å². The fourth-order valence-corrected chi connectivity index (χ4v) is 3.35. The van der Waals surface area contributed by atoms with Crippen molar-refractivity contribution >= 4 is 5.69 Å². The number of rotatable bonds is 2. The minimum absolute atomic E-state index is 0.517. The molecule has 2 aliphatic rings. The Labute approximate surface area is 121 Å². The minimum Gasteiger partial charge on any atom is -0.486 e. The molecule has 0 aliphatic carbocycles. The van der Waals surface area contributed by atoms with Gasteiger partial charge in [0.05, 0.1) is 0 Å². The first-order valence-electron chi connectivity index (χ1n) is 7.54. The van der Waals surface area contributed by atoms with Gasteiger partial charge in [-0.1, -0.05) is 6.92 Å². The Kier molecular flexibility index (Phi) is 3.74. The van der Waals surface area contributed by atoms with Crippen LogP contribution in [-0.2, 0) is 0 Å². The van der Waals surface area contributed by atoms with Gasteiger partial charge >= 0.3 is 0 Å². The lowest BCUT2D eigenvalue weighted by Crippen LogP contribution is -2.52. The second-order valence-corrected chi connectivity index (χ2v) is 5.80. The van der Waals surface area contributed by atoms with Gasteiger partial charge in [-0.2, -0.15) is 0 Å². The van der Waals surface area contributed by atoms with Crippen LogP contribution in [-0.4, -0.2) is 38.9 Å². The Morgan fingerprint density at radius 2 is 1.90 bits per heavy atom. The van der Waals surface area contributed by atoms with Crippen LogP contribution in [0.2, 0.25) is 0 Å². The van der Waals surface area contributed by atoms with Gasteiger partial charge in [-0.25, -0.2) is 0 Å². The SMILES string of the molecule is CNC1CCN(c2ccc3c(c2)OCCO3)C(C)C1C. The van der Waals surface area contributed by atoms with Crippen molar-refractivity contribution in [1.82, 2.24) is 5.32 Å². The van der Waals surface area contributed by atoms with E-state index in [2.05, 4.69) is 43.2 Å². The van der Waals surface area contributed by atoms with Crippen molar-refractivity contribution in [3.05, 3.63) is 18.2 Å². The highest BCUT2D eigenvalue weighted by atomic mass is 16.6. The van der Waals surface area contributed by atoms with Crippen LogP contribution in [0.1, 0.15) is 20.3 Å². The molecule has 0 saturated carbocycles. The molecule has 0 spiro atoms. The fourth-order valence-electron chi connectivity index (χ4n) is 3.35. The normalized spacial score (nSPS) is 29.4. The second kappa shape index (κ2) is 5.52. The van der Waals surface area contributed by atoms with Crippen LogP contribution in [0.15, 0.2) is 18.2 Å². The van der Waals surface area contributed by atoms with Gasteiger partial charge in [-0.3, -0.25) is 0 Å². The summed E-state index contributed by atoms with van der Waals surface area (Å²) in [5, 5.41) is 3.43. The van der Waals surface area contributed by atoms with E-state index < -0.39 is 0 Å². The Hall–Kier alpha value is -1.42. The number of hydrogen-bond donors (Lipinski definition) is 1. The summed E-state index contributed by atoms with van der Waals surface area (Å²) in [4.78, 5) is 2.48. The van der Waals surface area contributed by atoms with E-state index in [0.717, 1.165) is 18.0 Å². The maximum atomic E-state index is 5.70. The fraction of sp³-hybridized carbons (Fsp3) is 0.625. The monoisotopic (exact) mass is 276 g/mol. The average Bonchev–Trinajstić information content (AvgIpc) is 2.49. The van der Waals surface area contributed by atoms with Crippen LogP contribution >= 0.6 is 0 Å². The van der Waals surface area contributed by atoms with Crippen LogP contribution in [0.5, 0.6) is 11.5 Å². The molecule has 0 radical (unpaired) electrons. The third kappa shape index (κ3) is 2.33. The van der Waals surface area contributed by atoms with Gasteiger partial charge in [-0.15, -0.1) is 0 Å². The number of hydrogen-bond acceptors (Lipinski definition) is 4. The van der Waals surface area contributed by atoms with Gasteiger partial charge in [0.1, 0.15) is 13.2 Å². The summed E-state index contributed by atoms with van der Waals surface area (Å²) in [5.74, 6) is 2.37. The van der Waals surface area contributed by atoms with E-state index in [9.17, 15) is 0 Å². The Morgan fingerprint density at radius 1 is 1.15 bits per heavy atom. The van der Waals surface area contributed by atoms with Crippen molar-refractivity contribution in [2.75, 3.05) is 31.7 Å². The first kappa shape index (κ1) is 13.6. The van der Waals surface area contributed by atoms with E-state index in [-0.39, 0.29) is 0 Å². The van der Waals surface area contributed by atoms with Crippen LogP contribution in [0.3, 0.4) is 0 Å². The van der Waals surface area contributed by atoms with E-state index in [1.165, 1.54) is 12.1 Å². The topological polar surface area (TPSA) is 33.7 Å². The Morgan fingerprint density at radius 3 is 2.65 bits per heavy atom. The molecule has 1 fully saturated rings. The number of nitrogens with one attached hydrogen (secondary N) is 1. The summed E-state index contributed by atoms with van der Waals surface area (Å²) in [6, 6.07) is 7.43. The summed E-state index contributed by atoms with van der Waals surface area (Å²) in [6.45, 7) is 7.01. The van der Waals surface area contributed by atoms with Crippen molar-refractivity contribution in [2.24, 2.45) is 5.92 Å². The van der Waals surface area contributed by atoms with Crippen LogP contribution in [0, 0.1) is 5.92 Å². The highest BCUT2D eigenvalue weighted by Crippen LogP contribution is 2.36. The van der Waals surface area contributed by atoms with Crippen molar-refractivity contribution < 1.29 is 9.47 Å². The highest BCUT2D eigenvalue weighted by molar-refractivity contribution is 5.57. The number of anilines is 1. The zero-order valence-corrected chi connectivity index (χ0v) is 12.6. The zero-order chi connectivity index (χ0) is 14.1. The summed E-state index contributed by atoms with van der Waals surface area (Å²) in [5.41, 5.74) is 1.24. The number of nitrogens with zero attached hydrogens (tertiary/aromatic N) is 1. The molecular weight excluding hydrogens is 252 g/mol. The Bertz CT molecular complexity index is 478. The number of ether oxygens (including phenoxy) is 2. The third-order valence-corrected chi connectivity index (χ3v) is 4.80. The molecule has 0 aromatic heterocycles. The van der Waals surface area contributed by atoms with E-state index in [1.807, 2.05) is 6.07 Å². The smallest absolute Gasteiger partial charge is 0.163 e. The third-order valence-electron chi connectivity index (χ3n) is 4.80. The van der Waals surface area contributed by atoms with Crippen molar-refractivity contribution in [3.8, 4) is 11.5 Å². The van der Waals surface area contributed by atoms with Crippen molar-refractivity contribution in [3.63, 3.8) is 0 Å². The molecule has 0 bridgehead atoms. The molecule has 110 valence electrons. The Balaban J connectivity index is 1.82. The van der Waals surface area contributed by atoms with Crippen LogP contribution in [0.4, 0.5) is 5.69 Å². The molecule has 2 heterocycles. The molecule has 1 aromatic carbocycles. The van der Waals surface area contributed by atoms with Gasteiger partial charge in [-0.05, 0) is 38.4 Å². The van der Waals surface area contributed by atoms with Gasteiger partial charge in [0, 0.05) is 30.4 Å². The maximum Gasteiger partial charge on any atom is 0.163 e. The predicted octanol–water partition coefficient (Wildman–Crippen LogP) is 2.28. The molecule has 1 saturated heterocycles. The molecule has 3 rings (SSSR count). The molecule has 20 heavy (non-hydrogen) atoms. The molecule has 0 amide bonds. The standard InChI is InChI=1S/C16H24N2O2/c1-11-12(2)18(7-6-14(11)17-3)13-4-5-15-16(10-13)20-9-8-19-15/h4-5,10-12,14,17H,6-9H2,1-3H3. The lowest BCUT2D eigenvalue weighted by molar-refractivity contribution is 0.171. The summed E-state index contributed by atoms with van der Waals surface area (Å²) >= 11 is 0. The van der Waals surface area contributed by atoms with Gasteiger partial charge < -0.3 is 19.7 Å². The first-order chi connectivity index (χ1) is 9.70. The largest absolute Gasteiger partial charge is 0.486 e. The summed E-state index contributed by atoms with van der Waals surface area (Å²) in [6.07, 6.45) is 1.18. The average molecular weight is 276 g/mol. The molecule has 4 heteroatoms. The van der Waals surface area contributed by atoms with Crippen molar-refractivity contribution in [2.45, 2.75) is 32.4 Å². The van der Waals surface area contributed by atoms with Crippen LogP contribution < -0.4 is 19.7 Å². The summed E-state index contributed by atoms with van der Waals surface area (Å²) < 4.78 is 11.3.